The van der Waals surface area contributed by atoms with Crippen LogP contribution in [0.2, 0.25) is 0 Å². The van der Waals surface area contributed by atoms with Crippen LogP contribution in [-0.4, -0.2) is 31.9 Å². The van der Waals surface area contributed by atoms with Crippen molar-refractivity contribution >= 4 is 15.0 Å². The zero-order chi connectivity index (χ0) is 16.2. The van der Waals surface area contributed by atoms with E-state index < -0.39 is 15.0 Å². The summed E-state index contributed by atoms with van der Waals surface area (Å²) in [4.78, 5) is 0. The van der Waals surface area contributed by atoms with Gasteiger partial charge in [0.05, 0.1) is 19.8 Å². The maximum atomic E-state index is 12.8. The standard InChI is InChI=1S/C14H30O5P2/c1-5-9-10-11-12-13-20(15,17-6-2)14-21(16,18-7-3)19-8-4/h5H,1,6-14H2,2-4H3. The van der Waals surface area contributed by atoms with E-state index in [9.17, 15) is 9.13 Å². The van der Waals surface area contributed by atoms with Gasteiger partial charge in [-0.15, -0.1) is 6.58 Å². The van der Waals surface area contributed by atoms with Crippen LogP contribution in [0.4, 0.5) is 0 Å². The lowest BCUT2D eigenvalue weighted by atomic mass is 10.2. The van der Waals surface area contributed by atoms with Crippen molar-refractivity contribution in [2.24, 2.45) is 0 Å². The molecule has 7 heteroatoms. The number of hydrogen-bond acceptors (Lipinski definition) is 5. The van der Waals surface area contributed by atoms with Gasteiger partial charge in [-0.25, -0.2) is 0 Å². The van der Waals surface area contributed by atoms with Gasteiger partial charge >= 0.3 is 7.60 Å². The molecule has 0 amide bonds. The van der Waals surface area contributed by atoms with Gasteiger partial charge in [-0.05, 0) is 40.0 Å². The summed E-state index contributed by atoms with van der Waals surface area (Å²) in [6.45, 7) is 9.82. The van der Waals surface area contributed by atoms with Crippen molar-refractivity contribution in [3.63, 3.8) is 0 Å². The smallest absolute Gasteiger partial charge is 0.328 e. The molecular formula is C14H30O5P2. The summed E-state index contributed by atoms with van der Waals surface area (Å²) in [7, 11) is -6.32. The Morgan fingerprint density at radius 2 is 1.48 bits per heavy atom. The molecule has 0 aliphatic heterocycles. The predicted octanol–water partition coefficient (Wildman–Crippen LogP) is 5.27. The monoisotopic (exact) mass is 340 g/mol. The van der Waals surface area contributed by atoms with Gasteiger partial charge < -0.3 is 13.6 Å². The molecule has 0 heterocycles. The SMILES string of the molecule is C=CCCCCCP(=O)(CP(=O)(OCC)OCC)OCC. The molecule has 0 fully saturated rings. The maximum Gasteiger partial charge on any atom is 0.340 e. The average molecular weight is 340 g/mol. The summed E-state index contributed by atoms with van der Waals surface area (Å²) in [6, 6.07) is 0. The molecule has 0 aliphatic carbocycles. The summed E-state index contributed by atoms with van der Waals surface area (Å²) >= 11 is 0. The minimum Gasteiger partial charge on any atom is -0.328 e. The second-order valence-corrected chi connectivity index (χ2v) is 9.89. The van der Waals surface area contributed by atoms with Crippen molar-refractivity contribution in [2.75, 3.05) is 31.9 Å². The highest BCUT2D eigenvalue weighted by Gasteiger charge is 2.36. The van der Waals surface area contributed by atoms with Crippen molar-refractivity contribution < 1.29 is 22.7 Å². The molecule has 0 aromatic rings. The molecule has 0 rings (SSSR count). The Morgan fingerprint density at radius 3 is 1.95 bits per heavy atom. The van der Waals surface area contributed by atoms with Gasteiger partial charge in [0.15, 0.2) is 0 Å². The van der Waals surface area contributed by atoms with Crippen LogP contribution in [0.1, 0.15) is 46.5 Å². The van der Waals surface area contributed by atoms with Crippen LogP contribution in [-0.2, 0) is 22.7 Å². The highest BCUT2D eigenvalue weighted by atomic mass is 31.2. The van der Waals surface area contributed by atoms with Crippen LogP contribution in [0.3, 0.4) is 0 Å². The van der Waals surface area contributed by atoms with E-state index in [4.69, 9.17) is 13.6 Å². The molecule has 0 saturated heterocycles. The zero-order valence-corrected chi connectivity index (χ0v) is 15.4. The average Bonchev–Trinajstić information content (AvgIpc) is 2.38. The second-order valence-electron chi connectivity index (χ2n) is 4.68. The van der Waals surface area contributed by atoms with E-state index in [0.29, 0.717) is 12.8 Å². The maximum absolute atomic E-state index is 12.8. The van der Waals surface area contributed by atoms with Gasteiger partial charge in [-0.1, -0.05) is 12.5 Å². The van der Waals surface area contributed by atoms with Crippen molar-refractivity contribution in [2.45, 2.75) is 46.5 Å². The molecule has 0 aromatic heterocycles. The molecule has 1 unspecified atom stereocenters. The Labute approximate surface area is 129 Å². The van der Waals surface area contributed by atoms with E-state index in [-0.39, 0.29) is 19.1 Å². The van der Waals surface area contributed by atoms with E-state index >= 15 is 0 Å². The third-order valence-corrected chi connectivity index (χ3v) is 8.95. The molecular weight excluding hydrogens is 310 g/mol. The van der Waals surface area contributed by atoms with Crippen molar-refractivity contribution in [1.82, 2.24) is 0 Å². The molecule has 0 spiro atoms. The Morgan fingerprint density at radius 1 is 0.905 bits per heavy atom. The van der Waals surface area contributed by atoms with Crippen LogP contribution >= 0.6 is 15.0 Å². The van der Waals surface area contributed by atoms with Crippen LogP contribution in [0.5, 0.6) is 0 Å². The molecule has 21 heavy (non-hydrogen) atoms. The van der Waals surface area contributed by atoms with Crippen molar-refractivity contribution in [1.29, 1.82) is 0 Å². The Balaban J connectivity index is 4.64. The molecule has 0 bridgehead atoms. The van der Waals surface area contributed by atoms with E-state index in [0.717, 1.165) is 25.7 Å². The molecule has 0 radical (unpaired) electrons. The summed E-state index contributed by atoms with van der Waals surface area (Å²) < 4.78 is 41.2. The van der Waals surface area contributed by atoms with Gasteiger partial charge in [0.25, 0.3) is 0 Å². The fraction of sp³-hybridized carbons (Fsp3) is 0.857. The third kappa shape index (κ3) is 9.65. The fourth-order valence-electron chi connectivity index (χ4n) is 2.01. The topological polar surface area (TPSA) is 61.8 Å². The lowest BCUT2D eigenvalue weighted by Gasteiger charge is -2.23. The lowest BCUT2D eigenvalue weighted by molar-refractivity contribution is 0.222. The third-order valence-electron chi connectivity index (χ3n) is 2.81. The summed E-state index contributed by atoms with van der Waals surface area (Å²) in [5.74, 6) is -0.128. The second kappa shape index (κ2) is 11.6. The van der Waals surface area contributed by atoms with Gasteiger partial charge in [0.1, 0.15) is 5.90 Å². The van der Waals surface area contributed by atoms with Gasteiger partial charge in [0.2, 0.25) is 7.37 Å². The highest BCUT2D eigenvalue weighted by molar-refractivity contribution is 7.73. The van der Waals surface area contributed by atoms with Crippen LogP contribution in [0, 0.1) is 0 Å². The molecule has 1 atom stereocenters. The molecule has 0 aromatic carbocycles. The minimum atomic E-state index is -3.34. The van der Waals surface area contributed by atoms with E-state index in [1.807, 2.05) is 6.08 Å². The lowest BCUT2D eigenvalue weighted by Crippen LogP contribution is -2.06. The van der Waals surface area contributed by atoms with Crippen molar-refractivity contribution in [3.8, 4) is 0 Å². The van der Waals surface area contributed by atoms with E-state index in [1.54, 1.807) is 20.8 Å². The number of unbranched alkanes of at least 4 members (excludes halogenated alkanes) is 3. The van der Waals surface area contributed by atoms with E-state index in [2.05, 4.69) is 6.58 Å². The highest BCUT2D eigenvalue weighted by Crippen LogP contribution is 2.63. The first-order chi connectivity index (χ1) is 9.95. The van der Waals surface area contributed by atoms with Gasteiger partial charge in [-0.3, -0.25) is 9.13 Å². The summed E-state index contributed by atoms with van der Waals surface area (Å²) in [5.41, 5.74) is 0. The Hall–Kier alpha value is 0.0800. The zero-order valence-electron chi connectivity index (χ0n) is 13.6. The van der Waals surface area contributed by atoms with Crippen LogP contribution in [0.25, 0.3) is 0 Å². The Bertz CT molecular complexity index is 360. The summed E-state index contributed by atoms with van der Waals surface area (Å²) in [6.07, 6.45) is 6.00. The fourth-order valence-corrected chi connectivity index (χ4v) is 7.83. The number of hydrogen-bond donors (Lipinski definition) is 0. The molecule has 126 valence electrons. The first-order valence-corrected chi connectivity index (χ1v) is 11.4. The number of rotatable bonds is 14. The van der Waals surface area contributed by atoms with Gasteiger partial charge in [-0.2, -0.15) is 0 Å². The first kappa shape index (κ1) is 21.1. The molecule has 5 nitrogen and oxygen atoms in total. The van der Waals surface area contributed by atoms with Crippen LogP contribution in [0.15, 0.2) is 12.7 Å². The molecule has 0 saturated carbocycles. The molecule has 0 aliphatic rings. The number of allylic oxidation sites excluding steroid dienone is 1. The van der Waals surface area contributed by atoms with Crippen LogP contribution < -0.4 is 0 Å². The predicted molar refractivity (Wildman–Crippen MR) is 88.5 cm³/mol. The normalized spacial score (nSPS) is 14.8. The van der Waals surface area contributed by atoms with Crippen molar-refractivity contribution in [3.05, 3.63) is 12.7 Å². The summed E-state index contributed by atoms with van der Waals surface area (Å²) in [5, 5.41) is 0. The minimum absolute atomic E-state index is 0.128. The first-order valence-electron chi connectivity index (χ1n) is 7.67. The van der Waals surface area contributed by atoms with Gasteiger partial charge in [0, 0.05) is 6.16 Å². The Kier molecular flexibility index (Phi) is 11.7. The largest absolute Gasteiger partial charge is 0.340 e. The van der Waals surface area contributed by atoms with E-state index in [1.165, 1.54) is 0 Å². The molecule has 0 N–H and O–H groups in total. The quantitative estimate of drug-likeness (QED) is 0.245.